The molecule has 0 bridgehead atoms. The van der Waals surface area contributed by atoms with Crippen molar-refractivity contribution in [3.8, 4) is 16.9 Å². The Kier molecular flexibility index (Phi) is 3.54. The van der Waals surface area contributed by atoms with E-state index in [9.17, 15) is 4.39 Å². The first kappa shape index (κ1) is 15.4. The predicted molar refractivity (Wildman–Crippen MR) is 96.2 cm³/mol. The maximum atomic E-state index is 13.8. The van der Waals surface area contributed by atoms with Crippen LogP contribution in [-0.4, -0.2) is 9.55 Å². The highest BCUT2D eigenvalue weighted by Gasteiger charge is 2.26. The number of hydrogen-bond acceptors (Lipinski definition) is 4. The second kappa shape index (κ2) is 5.75. The normalized spacial score (nSPS) is 15.4. The van der Waals surface area contributed by atoms with E-state index >= 15 is 0 Å². The van der Waals surface area contributed by atoms with Crippen molar-refractivity contribution in [2.45, 2.75) is 13.3 Å². The second-order valence-corrected chi connectivity index (χ2v) is 6.09. The van der Waals surface area contributed by atoms with Gasteiger partial charge in [0, 0.05) is 23.7 Å². The summed E-state index contributed by atoms with van der Waals surface area (Å²) in [4.78, 5) is 4.60. The minimum Gasteiger partial charge on any atom is -0.401 e. The fraction of sp³-hybridized carbons (Fsp3) is 0.105. The molecule has 4 N–H and O–H groups in total. The number of fused-ring (bicyclic) bond motifs is 3. The molecule has 0 saturated heterocycles. The summed E-state index contributed by atoms with van der Waals surface area (Å²) >= 11 is 0. The highest BCUT2D eigenvalue weighted by molar-refractivity contribution is 5.71. The topological polar surface area (TPSA) is 73.1 Å². The third-order valence-corrected chi connectivity index (χ3v) is 4.45. The summed E-state index contributed by atoms with van der Waals surface area (Å²) < 4.78 is 15.8. The molecule has 1 aromatic heterocycles. The van der Waals surface area contributed by atoms with E-state index in [-0.39, 0.29) is 5.82 Å². The standard InChI is InChI=1S/C19H18FN5/c1-12(21)16-10-18-19(13-5-3-2-4-6-13)23-11-24(18)15-8-7-14(20)9-17(15)25(16)22/h2-9,11H,10,21-22H2,1H3/b16-12-. The van der Waals surface area contributed by atoms with Crippen LogP contribution in [0, 0.1) is 5.82 Å². The van der Waals surface area contributed by atoms with E-state index in [4.69, 9.17) is 11.6 Å². The van der Waals surface area contributed by atoms with E-state index in [0.717, 1.165) is 28.3 Å². The maximum Gasteiger partial charge on any atom is 0.125 e. The van der Waals surface area contributed by atoms with Crippen molar-refractivity contribution in [1.82, 2.24) is 9.55 Å². The molecule has 1 aliphatic rings. The van der Waals surface area contributed by atoms with Crippen molar-refractivity contribution in [3.63, 3.8) is 0 Å². The van der Waals surface area contributed by atoms with E-state index in [1.54, 1.807) is 19.3 Å². The molecule has 126 valence electrons. The summed E-state index contributed by atoms with van der Waals surface area (Å²) in [5.74, 6) is 5.93. The molecule has 0 atom stereocenters. The lowest BCUT2D eigenvalue weighted by atomic mass is 10.1. The van der Waals surface area contributed by atoms with Gasteiger partial charge in [-0.15, -0.1) is 0 Å². The summed E-state index contributed by atoms with van der Waals surface area (Å²) in [5, 5.41) is 1.47. The Morgan fingerprint density at radius 1 is 1.12 bits per heavy atom. The van der Waals surface area contributed by atoms with E-state index in [2.05, 4.69) is 4.98 Å². The highest BCUT2D eigenvalue weighted by atomic mass is 19.1. The lowest BCUT2D eigenvalue weighted by Gasteiger charge is -2.22. The maximum absolute atomic E-state index is 13.8. The Bertz CT molecular complexity index is 971. The predicted octanol–water partition coefficient (Wildman–Crippen LogP) is 3.10. The Morgan fingerprint density at radius 2 is 1.88 bits per heavy atom. The largest absolute Gasteiger partial charge is 0.401 e. The number of hydrogen-bond donors (Lipinski definition) is 2. The van der Waals surface area contributed by atoms with E-state index in [1.807, 2.05) is 34.9 Å². The minimum atomic E-state index is -0.352. The van der Waals surface area contributed by atoms with Gasteiger partial charge in [0.1, 0.15) is 12.1 Å². The molecule has 5 nitrogen and oxygen atoms in total. The van der Waals surface area contributed by atoms with Gasteiger partial charge in [-0.3, -0.25) is 5.01 Å². The number of benzene rings is 2. The van der Waals surface area contributed by atoms with Gasteiger partial charge in [-0.1, -0.05) is 30.3 Å². The Labute approximate surface area is 145 Å². The van der Waals surface area contributed by atoms with Crippen molar-refractivity contribution in [3.05, 3.63) is 77.8 Å². The van der Waals surface area contributed by atoms with Gasteiger partial charge in [-0.05, 0) is 19.1 Å². The summed E-state index contributed by atoms with van der Waals surface area (Å²) in [5.41, 5.74) is 11.5. The number of aromatic nitrogens is 2. The van der Waals surface area contributed by atoms with E-state index in [1.165, 1.54) is 17.1 Å². The van der Waals surface area contributed by atoms with Gasteiger partial charge in [0.25, 0.3) is 0 Å². The first-order valence-corrected chi connectivity index (χ1v) is 7.98. The van der Waals surface area contributed by atoms with Crippen LogP contribution in [-0.2, 0) is 6.42 Å². The van der Waals surface area contributed by atoms with Gasteiger partial charge in [-0.25, -0.2) is 15.2 Å². The number of halogens is 1. The Hall–Kier alpha value is -3.12. The number of nitrogens with zero attached hydrogens (tertiary/aromatic N) is 3. The first-order chi connectivity index (χ1) is 12.1. The van der Waals surface area contributed by atoms with Gasteiger partial charge in [0.05, 0.1) is 28.5 Å². The van der Waals surface area contributed by atoms with Crippen molar-refractivity contribution >= 4 is 5.69 Å². The molecular formula is C19H18FN5. The molecule has 0 aliphatic carbocycles. The zero-order chi connectivity index (χ0) is 17.6. The quantitative estimate of drug-likeness (QED) is 0.670. The molecule has 0 radical (unpaired) electrons. The molecule has 2 heterocycles. The molecule has 0 amide bonds. The summed E-state index contributed by atoms with van der Waals surface area (Å²) in [6.07, 6.45) is 2.25. The average molecular weight is 335 g/mol. The van der Waals surface area contributed by atoms with Crippen LogP contribution >= 0.6 is 0 Å². The summed E-state index contributed by atoms with van der Waals surface area (Å²) in [7, 11) is 0. The second-order valence-electron chi connectivity index (χ2n) is 6.09. The SMILES string of the molecule is C/C(N)=C1\Cc2c(-c3ccccc3)ncn2-c2ccc(F)cc2N1N. The number of allylic oxidation sites excluding steroid dienone is 2. The van der Waals surface area contributed by atoms with Crippen molar-refractivity contribution in [2.75, 3.05) is 5.01 Å². The molecule has 1 aliphatic heterocycles. The average Bonchev–Trinajstić information content (AvgIpc) is 2.98. The van der Waals surface area contributed by atoms with Gasteiger partial charge >= 0.3 is 0 Å². The smallest absolute Gasteiger partial charge is 0.125 e. The third-order valence-electron chi connectivity index (χ3n) is 4.45. The number of rotatable bonds is 1. The monoisotopic (exact) mass is 335 g/mol. The molecule has 0 saturated carbocycles. The highest BCUT2D eigenvalue weighted by Crippen LogP contribution is 2.36. The number of hydrazine groups is 1. The molecule has 2 aromatic carbocycles. The third kappa shape index (κ3) is 2.47. The van der Waals surface area contributed by atoms with Crippen LogP contribution in [0.3, 0.4) is 0 Å². The first-order valence-electron chi connectivity index (χ1n) is 7.98. The molecule has 0 fully saturated rings. The van der Waals surface area contributed by atoms with Crippen molar-refractivity contribution in [2.24, 2.45) is 11.6 Å². The van der Waals surface area contributed by atoms with Gasteiger partial charge in [0.2, 0.25) is 0 Å². The van der Waals surface area contributed by atoms with Crippen molar-refractivity contribution < 1.29 is 4.39 Å². The van der Waals surface area contributed by atoms with Crippen LogP contribution in [0.4, 0.5) is 10.1 Å². The van der Waals surface area contributed by atoms with Crippen LogP contribution in [0.2, 0.25) is 0 Å². The molecular weight excluding hydrogens is 317 g/mol. The van der Waals surface area contributed by atoms with E-state index < -0.39 is 0 Å². The van der Waals surface area contributed by atoms with Crippen LogP contribution in [0.5, 0.6) is 0 Å². The summed E-state index contributed by atoms with van der Waals surface area (Å²) in [6.45, 7) is 1.79. The van der Waals surface area contributed by atoms with Crippen LogP contribution in [0.15, 0.2) is 66.3 Å². The zero-order valence-corrected chi connectivity index (χ0v) is 13.8. The fourth-order valence-electron chi connectivity index (χ4n) is 3.20. The van der Waals surface area contributed by atoms with Crippen molar-refractivity contribution in [1.29, 1.82) is 0 Å². The molecule has 0 spiro atoms. The Morgan fingerprint density at radius 3 is 2.60 bits per heavy atom. The van der Waals surface area contributed by atoms with Gasteiger partial charge in [0.15, 0.2) is 0 Å². The number of imidazole rings is 1. The molecule has 0 unspecified atom stereocenters. The molecule has 25 heavy (non-hydrogen) atoms. The fourth-order valence-corrected chi connectivity index (χ4v) is 3.20. The summed E-state index contributed by atoms with van der Waals surface area (Å²) in [6, 6.07) is 14.5. The van der Waals surface area contributed by atoms with Crippen LogP contribution in [0.1, 0.15) is 12.6 Å². The number of anilines is 1. The van der Waals surface area contributed by atoms with Gasteiger partial charge in [-0.2, -0.15) is 0 Å². The lowest BCUT2D eigenvalue weighted by molar-refractivity contribution is 0.627. The van der Waals surface area contributed by atoms with Crippen LogP contribution in [0.25, 0.3) is 16.9 Å². The number of nitrogens with two attached hydrogens (primary N) is 2. The van der Waals surface area contributed by atoms with Crippen LogP contribution < -0.4 is 16.6 Å². The molecule has 4 rings (SSSR count). The minimum absolute atomic E-state index is 0.352. The van der Waals surface area contributed by atoms with Gasteiger partial charge < -0.3 is 10.3 Å². The molecule has 3 aromatic rings. The Balaban J connectivity index is 2.01. The lowest BCUT2D eigenvalue weighted by Crippen LogP contribution is -2.32. The molecule has 6 heteroatoms. The van der Waals surface area contributed by atoms with E-state index in [0.29, 0.717) is 17.8 Å². The zero-order valence-electron chi connectivity index (χ0n) is 13.8.